The molecule has 0 aromatic carbocycles. The second-order valence-corrected chi connectivity index (χ2v) is 3.81. The molecule has 0 radical (unpaired) electrons. The average molecular weight is 260 g/mol. The van der Waals surface area contributed by atoms with Crippen LogP contribution < -0.4 is 5.32 Å². The first kappa shape index (κ1) is 13.6. The van der Waals surface area contributed by atoms with Crippen molar-refractivity contribution in [1.82, 2.24) is 5.32 Å². The van der Waals surface area contributed by atoms with Gasteiger partial charge >= 0.3 is 5.97 Å². The second-order valence-electron chi connectivity index (χ2n) is 3.54. The summed E-state index contributed by atoms with van der Waals surface area (Å²) >= 11 is 5.66. The van der Waals surface area contributed by atoms with Crippen LogP contribution in [0.4, 0.5) is 0 Å². The summed E-state index contributed by atoms with van der Waals surface area (Å²) in [6.07, 6.45) is 0. The molecule has 0 bridgehead atoms. The van der Waals surface area contributed by atoms with E-state index in [9.17, 15) is 9.59 Å². The normalized spacial score (nSPS) is 12.0. The van der Waals surface area contributed by atoms with Gasteiger partial charge < -0.3 is 14.5 Å². The Balaban J connectivity index is 2.73. The molecule has 0 aliphatic carbocycles. The highest BCUT2D eigenvalue weighted by atomic mass is 35.5. The number of ether oxygens (including phenoxy) is 1. The quantitative estimate of drug-likeness (QED) is 0.659. The molecule has 0 saturated heterocycles. The van der Waals surface area contributed by atoms with Gasteiger partial charge in [-0.1, -0.05) is 0 Å². The van der Waals surface area contributed by atoms with Crippen molar-refractivity contribution >= 4 is 23.5 Å². The topological polar surface area (TPSA) is 68.5 Å². The van der Waals surface area contributed by atoms with Crippen molar-refractivity contribution in [3.8, 4) is 0 Å². The minimum atomic E-state index is -0.725. The fourth-order valence-corrected chi connectivity index (χ4v) is 1.53. The van der Waals surface area contributed by atoms with Crippen molar-refractivity contribution in [2.45, 2.75) is 25.8 Å². The molecule has 1 aromatic rings. The van der Waals surface area contributed by atoms with Crippen LogP contribution in [-0.4, -0.2) is 25.0 Å². The Morgan fingerprint density at radius 1 is 1.59 bits per heavy atom. The Labute approximate surface area is 104 Å². The van der Waals surface area contributed by atoms with E-state index in [0.29, 0.717) is 5.76 Å². The smallest absolute Gasteiger partial charge is 0.328 e. The molecule has 0 aliphatic rings. The van der Waals surface area contributed by atoms with Gasteiger partial charge in [0, 0.05) is 5.56 Å². The Morgan fingerprint density at radius 3 is 2.71 bits per heavy atom. The van der Waals surface area contributed by atoms with Gasteiger partial charge in [0.25, 0.3) is 5.91 Å². The van der Waals surface area contributed by atoms with Crippen molar-refractivity contribution in [2.75, 3.05) is 7.11 Å². The number of nitrogens with one attached hydrogen (secondary N) is 1. The van der Waals surface area contributed by atoms with E-state index in [1.54, 1.807) is 13.0 Å². The van der Waals surface area contributed by atoms with E-state index < -0.39 is 17.9 Å². The summed E-state index contributed by atoms with van der Waals surface area (Å²) < 4.78 is 9.73. The summed E-state index contributed by atoms with van der Waals surface area (Å²) in [5, 5.41) is 2.46. The van der Waals surface area contributed by atoms with Gasteiger partial charge in [0.1, 0.15) is 11.8 Å². The number of methoxy groups -OCH3 is 1. The fraction of sp³-hybridized carbons (Fsp3) is 0.455. The number of furan rings is 1. The van der Waals surface area contributed by atoms with Crippen molar-refractivity contribution in [2.24, 2.45) is 0 Å². The van der Waals surface area contributed by atoms with Crippen LogP contribution in [0.2, 0.25) is 0 Å². The van der Waals surface area contributed by atoms with Crippen molar-refractivity contribution in [3.63, 3.8) is 0 Å². The van der Waals surface area contributed by atoms with Gasteiger partial charge in [-0.15, -0.1) is 11.6 Å². The van der Waals surface area contributed by atoms with Crippen LogP contribution in [0, 0.1) is 6.92 Å². The van der Waals surface area contributed by atoms with Crippen molar-refractivity contribution in [3.05, 3.63) is 23.2 Å². The van der Waals surface area contributed by atoms with E-state index in [1.807, 2.05) is 0 Å². The van der Waals surface area contributed by atoms with Gasteiger partial charge in [0.15, 0.2) is 5.76 Å². The van der Waals surface area contributed by atoms with Gasteiger partial charge in [0.2, 0.25) is 0 Å². The SMILES string of the molecule is COC(=O)C(C)NC(=O)c1cc(CCl)c(C)o1. The van der Waals surface area contributed by atoms with Crippen LogP contribution in [0.1, 0.15) is 28.8 Å². The number of hydrogen-bond donors (Lipinski definition) is 1. The van der Waals surface area contributed by atoms with Crippen LogP contribution in [0.3, 0.4) is 0 Å². The van der Waals surface area contributed by atoms with Crippen molar-refractivity contribution < 1.29 is 18.7 Å². The molecule has 1 N–H and O–H groups in total. The summed E-state index contributed by atoms with van der Waals surface area (Å²) in [6, 6.07) is 0.833. The van der Waals surface area contributed by atoms with Gasteiger partial charge in [-0.3, -0.25) is 4.79 Å². The molecule has 1 rings (SSSR count). The number of hydrogen-bond acceptors (Lipinski definition) is 4. The molecule has 0 saturated carbocycles. The summed E-state index contributed by atoms with van der Waals surface area (Å²) in [7, 11) is 1.26. The second kappa shape index (κ2) is 5.72. The highest BCUT2D eigenvalue weighted by Gasteiger charge is 2.20. The average Bonchev–Trinajstić information content (AvgIpc) is 2.69. The molecule has 1 heterocycles. The van der Waals surface area contributed by atoms with Crippen LogP contribution in [0.25, 0.3) is 0 Å². The van der Waals surface area contributed by atoms with Gasteiger partial charge in [-0.05, 0) is 19.9 Å². The molecule has 6 heteroatoms. The summed E-state index contributed by atoms with van der Waals surface area (Å²) in [5.74, 6) is 0.0150. The zero-order chi connectivity index (χ0) is 13.0. The highest BCUT2D eigenvalue weighted by Crippen LogP contribution is 2.16. The Kier molecular flexibility index (Phi) is 4.57. The molecule has 94 valence electrons. The number of rotatable bonds is 4. The van der Waals surface area contributed by atoms with Gasteiger partial charge in [-0.2, -0.15) is 0 Å². The largest absolute Gasteiger partial charge is 0.467 e. The molecule has 0 fully saturated rings. The summed E-state index contributed by atoms with van der Waals surface area (Å²) in [6.45, 7) is 3.25. The number of amides is 1. The Morgan fingerprint density at radius 2 is 2.24 bits per heavy atom. The predicted molar refractivity (Wildman–Crippen MR) is 61.9 cm³/mol. The van der Waals surface area contributed by atoms with Crippen LogP contribution in [0.15, 0.2) is 10.5 Å². The molecule has 5 nitrogen and oxygen atoms in total. The monoisotopic (exact) mass is 259 g/mol. The third-order valence-corrected chi connectivity index (χ3v) is 2.58. The summed E-state index contributed by atoms with van der Waals surface area (Å²) in [4.78, 5) is 22.8. The molecular weight excluding hydrogens is 246 g/mol. The third-order valence-electron chi connectivity index (χ3n) is 2.29. The lowest BCUT2D eigenvalue weighted by molar-refractivity contribution is -0.142. The van der Waals surface area contributed by atoms with Crippen LogP contribution in [-0.2, 0) is 15.4 Å². The number of alkyl halides is 1. The maximum absolute atomic E-state index is 11.7. The fourth-order valence-electron chi connectivity index (χ4n) is 1.27. The minimum absolute atomic E-state index is 0.133. The molecule has 1 aromatic heterocycles. The molecule has 0 aliphatic heterocycles. The van der Waals surface area contributed by atoms with E-state index in [4.69, 9.17) is 16.0 Å². The number of carbonyl (C=O) groups is 2. The summed E-state index contributed by atoms with van der Waals surface area (Å²) in [5.41, 5.74) is 0.752. The van der Waals surface area contributed by atoms with Crippen LogP contribution >= 0.6 is 11.6 Å². The predicted octanol–water partition coefficient (Wildman–Crippen LogP) is 1.62. The lowest BCUT2D eigenvalue weighted by atomic mass is 10.2. The number of esters is 1. The maximum Gasteiger partial charge on any atom is 0.328 e. The highest BCUT2D eigenvalue weighted by molar-refractivity contribution is 6.17. The lowest BCUT2D eigenvalue weighted by Gasteiger charge is -2.09. The van der Waals surface area contributed by atoms with E-state index in [0.717, 1.165) is 5.56 Å². The maximum atomic E-state index is 11.7. The third kappa shape index (κ3) is 3.23. The lowest BCUT2D eigenvalue weighted by Crippen LogP contribution is -2.38. The molecule has 1 atom stereocenters. The van der Waals surface area contributed by atoms with E-state index in [-0.39, 0.29) is 11.6 Å². The van der Waals surface area contributed by atoms with Crippen molar-refractivity contribution in [1.29, 1.82) is 0 Å². The Hall–Kier alpha value is -1.49. The van der Waals surface area contributed by atoms with Gasteiger partial charge in [0.05, 0.1) is 13.0 Å². The van der Waals surface area contributed by atoms with Crippen LogP contribution in [0.5, 0.6) is 0 Å². The van der Waals surface area contributed by atoms with Gasteiger partial charge in [-0.25, -0.2) is 4.79 Å². The molecular formula is C11H14ClNO4. The number of carbonyl (C=O) groups excluding carboxylic acids is 2. The molecule has 1 unspecified atom stereocenters. The number of halogens is 1. The molecule has 0 spiro atoms. The van der Waals surface area contributed by atoms with E-state index >= 15 is 0 Å². The molecule has 1 amide bonds. The first-order chi connectivity index (χ1) is 7.99. The van der Waals surface area contributed by atoms with E-state index in [1.165, 1.54) is 14.0 Å². The number of aryl methyl sites for hydroxylation is 1. The van der Waals surface area contributed by atoms with E-state index in [2.05, 4.69) is 10.1 Å². The zero-order valence-electron chi connectivity index (χ0n) is 9.87. The Bertz CT molecular complexity index is 427. The first-order valence-corrected chi connectivity index (χ1v) is 5.57. The molecule has 17 heavy (non-hydrogen) atoms. The first-order valence-electron chi connectivity index (χ1n) is 5.03. The standard InChI is InChI=1S/C11H14ClNO4/c1-6(11(15)16-3)13-10(14)9-4-8(5-12)7(2)17-9/h4,6H,5H2,1-3H3,(H,13,14). The minimum Gasteiger partial charge on any atom is -0.467 e. The zero-order valence-corrected chi connectivity index (χ0v) is 10.6.